The summed E-state index contributed by atoms with van der Waals surface area (Å²) in [5.41, 5.74) is 1.96. The first kappa shape index (κ1) is 22.2. The zero-order valence-electron chi connectivity index (χ0n) is 14.7. The predicted molar refractivity (Wildman–Crippen MR) is 107 cm³/mol. The highest BCUT2D eigenvalue weighted by Gasteiger charge is 2.28. The minimum atomic E-state index is 0. The summed E-state index contributed by atoms with van der Waals surface area (Å²) in [5.74, 6) is 1.45. The number of benzene rings is 1. The Hall–Kier alpha value is -1.82. The Kier molecular flexibility index (Phi) is 9.41. The van der Waals surface area contributed by atoms with Crippen molar-refractivity contribution in [2.75, 3.05) is 13.1 Å². The molecule has 7 heteroatoms. The molecule has 0 bridgehead atoms. The number of carbonyl (C=O) groups excluding carboxylic acids is 1. The molecule has 1 unspecified atom stereocenters. The van der Waals surface area contributed by atoms with Gasteiger partial charge in [-0.2, -0.15) is 0 Å². The highest BCUT2D eigenvalue weighted by atomic mass is 35.5. The van der Waals surface area contributed by atoms with Gasteiger partial charge in [-0.1, -0.05) is 25.1 Å². The van der Waals surface area contributed by atoms with Crippen LogP contribution in [-0.4, -0.2) is 24.0 Å². The number of nitrogens with zero attached hydrogens (tertiary/aromatic N) is 1. The molecule has 2 aromatic rings. The quantitative estimate of drug-likeness (QED) is 0.753. The predicted octanol–water partition coefficient (Wildman–Crippen LogP) is 2.98. The lowest BCUT2D eigenvalue weighted by Gasteiger charge is -2.31. The molecule has 3 rings (SSSR count). The molecule has 0 aliphatic carbocycles. The summed E-state index contributed by atoms with van der Waals surface area (Å²) in [5, 5.41) is 6.21. The first-order valence-electron chi connectivity index (χ1n) is 8.32. The monoisotopic (exact) mass is 397 g/mol. The van der Waals surface area contributed by atoms with Crippen LogP contribution in [0.3, 0.4) is 0 Å². The molecule has 1 aromatic carbocycles. The van der Waals surface area contributed by atoms with Crippen LogP contribution in [0.2, 0.25) is 0 Å². The van der Waals surface area contributed by atoms with Crippen molar-refractivity contribution in [3.8, 4) is 5.75 Å². The lowest BCUT2D eigenvalue weighted by atomic mass is 9.88. The van der Waals surface area contributed by atoms with Gasteiger partial charge in [-0.15, -0.1) is 24.8 Å². The zero-order chi connectivity index (χ0) is 16.8. The first-order valence-corrected chi connectivity index (χ1v) is 8.32. The fraction of sp³-hybridized carbons (Fsp3) is 0.368. The van der Waals surface area contributed by atoms with E-state index >= 15 is 0 Å². The molecule has 2 N–H and O–H groups in total. The standard InChI is InChI=1S/C19H23N3O2.2ClH/c1-14(16-11-20-12-16)19(23)22-10-15-5-7-18(8-6-15)24-13-17-4-2-3-9-21-17;;/h2-9,14,16,20H,10-13H2,1H3,(H,22,23);2*1H. The van der Waals surface area contributed by atoms with Crippen molar-refractivity contribution in [1.29, 1.82) is 0 Å². The maximum absolute atomic E-state index is 12.1. The number of halogens is 2. The molecule has 1 fully saturated rings. The van der Waals surface area contributed by atoms with Crippen LogP contribution in [-0.2, 0) is 17.9 Å². The van der Waals surface area contributed by atoms with Crippen molar-refractivity contribution >= 4 is 30.7 Å². The Morgan fingerprint density at radius 2 is 1.96 bits per heavy atom. The van der Waals surface area contributed by atoms with Crippen LogP contribution in [0.25, 0.3) is 0 Å². The van der Waals surface area contributed by atoms with Gasteiger partial charge in [-0.3, -0.25) is 9.78 Å². The summed E-state index contributed by atoms with van der Waals surface area (Å²) in [6.07, 6.45) is 1.76. The Morgan fingerprint density at radius 1 is 1.23 bits per heavy atom. The maximum atomic E-state index is 12.1. The van der Waals surface area contributed by atoms with Gasteiger partial charge >= 0.3 is 0 Å². The number of hydrogen-bond donors (Lipinski definition) is 2. The summed E-state index contributed by atoms with van der Waals surface area (Å²) < 4.78 is 5.71. The van der Waals surface area contributed by atoms with Gasteiger partial charge in [0.15, 0.2) is 0 Å². The topological polar surface area (TPSA) is 63.2 Å². The van der Waals surface area contributed by atoms with Gasteiger partial charge in [0.25, 0.3) is 0 Å². The van der Waals surface area contributed by atoms with Crippen LogP contribution in [0.1, 0.15) is 18.2 Å². The molecule has 0 spiro atoms. The number of amides is 1. The normalized spacial score (nSPS) is 14.2. The van der Waals surface area contributed by atoms with Crippen LogP contribution in [0.4, 0.5) is 0 Å². The third-order valence-corrected chi connectivity index (χ3v) is 4.44. The number of nitrogens with one attached hydrogen (secondary N) is 2. The zero-order valence-corrected chi connectivity index (χ0v) is 16.3. The Morgan fingerprint density at radius 3 is 2.54 bits per heavy atom. The van der Waals surface area contributed by atoms with E-state index in [-0.39, 0.29) is 36.6 Å². The van der Waals surface area contributed by atoms with Crippen molar-refractivity contribution < 1.29 is 9.53 Å². The molecule has 1 amide bonds. The van der Waals surface area contributed by atoms with Crippen molar-refractivity contribution in [3.63, 3.8) is 0 Å². The smallest absolute Gasteiger partial charge is 0.223 e. The van der Waals surface area contributed by atoms with E-state index in [0.29, 0.717) is 19.1 Å². The number of carbonyl (C=O) groups is 1. The largest absolute Gasteiger partial charge is 0.487 e. The molecule has 0 saturated carbocycles. The molecule has 1 atom stereocenters. The number of aromatic nitrogens is 1. The number of pyridine rings is 1. The van der Waals surface area contributed by atoms with E-state index < -0.39 is 0 Å². The SMILES string of the molecule is CC(C(=O)NCc1ccc(OCc2ccccn2)cc1)C1CNC1.Cl.Cl. The second-order valence-electron chi connectivity index (χ2n) is 6.18. The molecule has 1 aliphatic heterocycles. The average molecular weight is 398 g/mol. The van der Waals surface area contributed by atoms with E-state index in [2.05, 4.69) is 15.6 Å². The highest BCUT2D eigenvalue weighted by molar-refractivity contribution is 5.85. The van der Waals surface area contributed by atoms with E-state index in [4.69, 9.17) is 4.74 Å². The van der Waals surface area contributed by atoms with Crippen molar-refractivity contribution in [3.05, 3.63) is 59.9 Å². The Balaban J connectivity index is 0.00000169. The van der Waals surface area contributed by atoms with Crippen molar-refractivity contribution in [2.24, 2.45) is 11.8 Å². The van der Waals surface area contributed by atoms with Crippen LogP contribution < -0.4 is 15.4 Å². The van der Waals surface area contributed by atoms with Crippen LogP contribution in [0, 0.1) is 11.8 Å². The van der Waals surface area contributed by atoms with Gasteiger partial charge in [0.05, 0.1) is 5.69 Å². The lowest BCUT2D eigenvalue weighted by Crippen LogP contribution is -2.49. The van der Waals surface area contributed by atoms with Gasteiger partial charge in [0.1, 0.15) is 12.4 Å². The summed E-state index contributed by atoms with van der Waals surface area (Å²) in [7, 11) is 0. The summed E-state index contributed by atoms with van der Waals surface area (Å²) in [4.78, 5) is 16.3. The van der Waals surface area contributed by atoms with Crippen LogP contribution in [0.5, 0.6) is 5.75 Å². The number of rotatable bonds is 7. The first-order chi connectivity index (χ1) is 11.7. The molecular weight excluding hydrogens is 373 g/mol. The molecule has 2 heterocycles. The molecule has 5 nitrogen and oxygen atoms in total. The molecular formula is C19H25Cl2N3O2. The van der Waals surface area contributed by atoms with E-state index in [0.717, 1.165) is 30.1 Å². The van der Waals surface area contributed by atoms with Gasteiger partial charge in [0, 0.05) is 18.7 Å². The van der Waals surface area contributed by atoms with E-state index in [1.165, 1.54) is 0 Å². The summed E-state index contributed by atoms with van der Waals surface area (Å²) in [6, 6.07) is 13.6. The molecule has 26 heavy (non-hydrogen) atoms. The average Bonchev–Trinajstić information content (AvgIpc) is 2.58. The molecule has 1 aromatic heterocycles. The van der Waals surface area contributed by atoms with Gasteiger partial charge in [-0.25, -0.2) is 0 Å². The number of ether oxygens (including phenoxy) is 1. The summed E-state index contributed by atoms with van der Waals surface area (Å²) in [6.45, 7) is 4.87. The third-order valence-electron chi connectivity index (χ3n) is 4.44. The maximum Gasteiger partial charge on any atom is 0.223 e. The third kappa shape index (κ3) is 6.16. The van der Waals surface area contributed by atoms with Crippen LogP contribution in [0.15, 0.2) is 48.7 Å². The Bertz CT molecular complexity index is 664. The van der Waals surface area contributed by atoms with E-state index in [1.807, 2.05) is 49.4 Å². The second-order valence-corrected chi connectivity index (χ2v) is 6.18. The van der Waals surface area contributed by atoms with Crippen molar-refractivity contribution in [2.45, 2.75) is 20.1 Å². The fourth-order valence-electron chi connectivity index (χ4n) is 2.57. The molecule has 1 aliphatic rings. The molecule has 1 saturated heterocycles. The summed E-state index contributed by atoms with van der Waals surface area (Å²) >= 11 is 0. The van der Waals surface area contributed by atoms with Gasteiger partial charge in [-0.05, 0) is 48.8 Å². The number of hydrogen-bond acceptors (Lipinski definition) is 4. The lowest BCUT2D eigenvalue weighted by molar-refractivity contribution is -0.126. The van der Waals surface area contributed by atoms with E-state index in [1.54, 1.807) is 6.20 Å². The highest BCUT2D eigenvalue weighted by Crippen LogP contribution is 2.17. The van der Waals surface area contributed by atoms with Gasteiger partial charge in [0.2, 0.25) is 5.91 Å². The molecule has 142 valence electrons. The van der Waals surface area contributed by atoms with Crippen molar-refractivity contribution in [1.82, 2.24) is 15.6 Å². The van der Waals surface area contributed by atoms with E-state index in [9.17, 15) is 4.79 Å². The van der Waals surface area contributed by atoms with Gasteiger partial charge < -0.3 is 15.4 Å². The van der Waals surface area contributed by atoms with Crippen LogP contribution >= 0.6 is 24.8 Å². The fourth-order valence-corrected chi connectivity index (χ4v) is 2.57. The minimum absolute atomic E-state index is 0. The Labute approximate surface area is 166 Å². The minimum Gasteiger partial charge on any atom is -0.487 e. The molecule has 0 radical (unpaired) electrons. The second kappa shape index (κ2) is 11.0.